The molecule has 0 unspecified atom stereocenters. The standard InChI is InChI=1S/C16H14O4/c1-11(17)20-14-9-16-15(18-10-19-16)8-13(14)7-12-5-3-2-4-6-12/h2-6,8-9H,7,10H2,1H3. The summed E-state index contributed by atoms with van der Waals surface area (Å²) < 4.78 is 16.0. The van der Waals surface area contributed by atoms with Gasteiger partial charge in [0.05, 0.1) is 0 Å². The van der Waals surface area contributed by atoms with Gasteiger partial charge < -0.3 is 14.2 Å². The van der Waals surface area contributed by atoms with Gasteiger partial charge in [0.25, 0.3) is 0 Å². The van der Waals surface area contributed by atoms with Gasteiger partial charge in [-0.2, -0.15) is 0 Å². The normalized spacial score (nSPS) is 12.2. The first-order valence-electron chi connectivity index (χ1n) is 6.37. The zero-order valence-electron chi connectivity index (χ0n) is 11.1. The Morgan fingerprint density at radius 3 is 2.55 bits per heavy atom. The molecule has 4 nitrogen and oxygen atoms in total. The molecule has 2 aromatic rings. The molecule has 0 atom stereocenters. The van der Waals surface area contributed by atoms with Crippen molar-refractivity contribution < 1.29 is 19.0 Å². The van der Waals surface area contributed by atoms with Crippen molar-refractivity contribution in [1.82, 2.24) is 0 Å². The van der Waals surface area contributed by atoms with Crippen molar-refractivity contribution >= 4 is 5.97 Å². The number of hydrogen-bond acceptors (Lipinski definition) is 4. The van der Waals surface area contributed by atoms with Crippen molar-refractivity contribution in [3.05, 3.63) is 53.6 Å². The molecule has 1 heterocycles. The number of esters is 1. The van der Waals surface area contributed by atoms with Crippen molar-refractivity contribution in [3.63, 3.8) is 0 Å². The summed E-state index contributed by atoms with van der Waals surface area (Å²) >= 11 is 0. The average Bonchev–Trinajstić information content (AvgIpc) is 2.86. The van der Waals surface area contributed by atoms with Crippen LogP contribution in [0.5, 0.6) is 17.2 Å². The van der Waals surface area contributed by atoms with Gasteiger partial charge in [-0.3, -0.25) is 4.79 Å². The van der Waals surface area contributed by atoms with Crippen molar-refractivity contribution in [3.8, 4) is 17.2 Å². The topological polar surface area (TPSA) is 44.8 Å². The SMILES string of the molecule is CC(=O)Oc1cc2c(cc1Cc1ccccc1)OCO2. The number of benzene rings is 2. The van der Waals surface area contributed by atoms with Crippen LogP contribution >= 0.6 is 0 Å². The van der Waals surface area contributed by atoms with E-state index in [0.717, 1.165) is 11.1 Å². The van der Waals surface area contributed by atoms with E-state index in [0.29, 0.717) is 23.7 Å². The largest absolute Gasteiger partial charge is 0.454 e. The van der Waals surface area contributed by atoms with E-state index in [9.17, 15) is 4.79 Å². The highest BCUT2D eigenvalue weighted by Gasteiger charge is 2.19. The highest BCUT2D eigenvalue weighted by atomic mass is 16.7. The molecule has 0 aromatic heterocycles. The minimum atomic E-state index is -0.349. The van der Waals surface area contributed by atoms with Gasteiger partial charge in [-0.05, 0) is 11.6 Å². The first kappa shape index (κ1) is 12.5. The van der Waals surface area contributed by atoms with Gasteiger partial charge in [0.2, 0.25) is 6.79 Å². The molecule has 1 aliphatic heterocycles. The average molecular weight is 270 g/mol. The number of rotatable bonds is 3. The van der Waals surface area contributed by atoms with Crippen molar-refractivity contribution in [2.75, 3.05) is 6.79 Å². The van der Waals surface area contributed by atoms with Crippen LogP contribution in [0.3, 0.4) is 0 Å². The maximum absolute atomic E-state index is 11.2. The smallest absolute Gasteiger partial charge is 0.308 e. The van der Waals surface area contributed by atoms with E-state index in [1.807, 2.05) is 36.4 Å². The molecule has 0 fully saturated rings. The summed E-state index contributed by atoms with van der Waals surface area (Å²) in [6.07, 6.45) is 0.667. The van der Waals surface area contributed by atoms with E-state index in [1.54, 1.807) is 6.07 Å². The Morgan fingerprint density at radius 1 is 1.15 bits per heavy atom. The molecule has 0 bridgehead atoms. The van der Waals surface area contributed by atoms with E-state index in [2.05, 4.69) is 0 Å². The summed E-state index contributed by atoms with van der Waals surface area (Å²) in [6, 6.07) is 13.6. The molecule has 0 spiro atoms. The first-order valence-corrected chi connectivity index (χ1v) is 6.37. The van der Waals surface area contributed by atoms with Gasteiger partial charge in [0, 0.05) is 25.0 Å². The molecule has 20 heavy (non-hydrogen) atoms. The highest BCUT2D eigenvalue weighted by molar-refractivity contribution is 5.70. The molecular formula is C16H14O4. The predicted molar refractivity (Wildman–Crippen MR) is 73.1 cm³/mol. The van der Waals surface area contributed by atoms with Crippen LogP contribution in [-0.2, 0) is 11.2 Å². The molecule has 0 saturated heterocycles. The molecule has 0 N–H and O–H groups in total. The van der Waals surface area contributed by atoms with Gasteiger partial charge in [-0.25, -0.2) is 0 Å². The van der Waals surface area contributed by atoms with Crippen LogP contribution in [0.2, 0.25) is 0 Å². The van der Waals surface area contributed by atoms with Crippen LogP contribution in [0.25, 0.3) is 0 Å². The van der Waals surface area contributed by atoms with Crippen LogP contribution in [0.15, 0.2) is 42.5 Å². The van der Waals surface area contributed by atoms with Gasteiger partial charge in [-0.1, -0.05) is 30.3 Å². The van der Waals surface area contributed by atoms with Crippen LogP contribution < -0.4 is 14.2 Å². The lowest BCUT2D eigenvalue weighted by Crippen LogP contribution is -2.04. The lowest BCUT2D eigenvalue weighted by Gasteiger charge is -2.10. The summed E-state index contributed by atoms with van der Waals surface area (Å²) in [5.41, 5.74) is 2.04. The predicted octanol–water partition coefficient (Wildman–Crippen LogP) is 2.93. The second-order valence-corrected chi connectivity index (χ2v) is 4.57. The highest BCUT2D eigenvalue weighted by Crippen LogP contribution is 2.39. The Hall–Kier alpha value is -2.49. The van der Waals surface area contributed by atoms with Gasteiger partial charge in [0.1, 0.15) is 5.75 Å². The molecular weight excluding hydrogens is 256 g/mol. The Morgan fingerprint density at radius 2 is 1.85 bits per heavy atom. The third-order valence-corrected chi connectivity index (χ3v) is 3.05. The molecule has 1 aliphatic rings. The lowest BCUT2D eigenvalue weighted by molar-refractivity contribution is -0.131. The summed E-state index contributed by atoms with van der Waals surface area (Å²) in [7, 11) is 0. The Balaban J connectivity index is 1.97. The monoisotopic (exact) mass is 270 g/mol. The maximum atomic E-state index is 11.2. The van der Waals surface area contributed by atoms with Gasteiger partial charge in [-0.15, -0.1) is 0 Å². The van der Waals surface area contributed by atoms with E-state index >= 15 is 0 Å². The number of hydrogen-bond donors (Lipinski definition) is 0. The van der Waals surface area contributed by atoms with Crippen LogP contribution in [0.1, 0.15) is 18.1 Å². The Kier molecular flexibility index (Phi) is 3.29. The molecule has 4 heteroatoms. The summed E-state index contributed by atoms with van der Waals surface area (Å²) in [6.45, 7) is 1.58. The number of ether oxygens (including phenoxy) is 3. The molecule has 0 radical (unpaired) electrons. The van der Waals surface area contributed by atoms with E-state index < -0.39 is 0 Å². The third kappa shape index (κ3) is 2.59. The number of carbonyl (C=O) groups excluding carboxylic acids is 1. The van der Waals surface area contributed by atoms with Crippen LogP contribution in [0.4, 0.5) is 0 Å². The fourth-order valence-corrected chi connectivity index (χ4v) is 2.17. The molecule has 0 aliphatic carbocycles. The minimum Gasteiger partial charge on any atom is -0.454 e. The second-order valence-electron chi connectivity index (χ2n) is 4.57. The second kappa shape index (κ2) is 5.25. The minimum absolute atomic E-state index is 0.198. The lowest BCUT2D eigenvalue weighted by atomic mass is 10.0. The fourth-order valence-electron chi connectivity index (χ4n) is 2.17. The van der Waals surface area contributed by atoms with E-state index in [1.165, 1.54) is 6.92 Å². The Bertz CT molecular complexity index is 634. The summed E-state index contributed by atoms with van der Waals surface area (Å²) in [4.78, 5) is 11.2. The zero-order chi connectivity index (χ0) is 13.9. The number of carbonyl (C=O) groups is 1. The third-order valence-electron chi connectivity index (χ3n) is 3.05. The molecule has 3 rings (SSSR count). The first-order chi connectivity index (χ1) is 9.72. The van der Waals surface area contributed by atoms with Crippen molar-refractivity contribution in [2.45, 2.75) is 13.3 Å². The van der Waals surface area contributed by atoms with Crippen LogP contribution in [-0.4, -0.2) is 12.8 Å². The zero-order valence-corrected chi connectivity index (χ0v) is 11.1. The summed E-state index contributed by atoms with van der Waals surface area (Å²) in [5, 5.41) is 0. The molecule has 0 saturated carbocycles. The van der Waals surface area contributed by atoms with E-state index in [4.69, 9.17) is 14.2 Å². The van der Waals surface area contributed by atoms with Crippen molar-refractivity contribution in [1.29, 1.82) is 0 Å². The van der Waals surface area contributed by atoms with Gasteiger partial charge >= 0.3 is 5.97 Å². The quantitative estimate of drug-likeness (QED) is 0.635. The van der Waals surface area contributed by atoms with E-state index in [-0.39, 0.29) is 12.8 Å². The Labute approximate surface area is 116 Å². The van der Waals surface area contributed by atoms with Crippen molar-refractivity contribution in [2.24, 2.45) is 0 Å². The molecule has 2 aromatic carbocycles. The molecule has 0 amide bonds. The van der Waals surface area contributed by atoms with Gasteiger partial charge in [0.15, 0.2) is 11.5 Å². The summed E-state index contributed by atoms with van der Waals surface area (Å²) in [5.74, 6) is 1.47. The van der Waals surface area contributed by atoms with Crippen LogP contribution in [0, 0.1) is 0 Å². The molecule has 102 valence electrons. The fraction of sp³-hybridized carbons (Fsp3) is 0.188. The maximum Gasteiger partial charge on any atom is 0.308 e. The number of fused-ring (bicyclic) bond motifs is 1.